The van der Waals surface area contributed by atoms with Crippen molar-refractivity contribution in [1.82, 2.24) is 9.97 Å². The minimum Gasteiger partial charge on any atom is -0.481 e. The molecule has 0 spiro atoms. The third kappa shape index (κ3) is 2.68. The Hall–Kier alpha value is -1.45. The van der Waals surface area contributed by atoms with E-state index in [4.69, 9.17) is 5.11 Å². The summed E-state index contributed by atoms with van der Waals surface area (Å²) < 4.78 is 0. The second-order valence-corrected chi connectivity index (χ2v) is 5.84. The molecule has 1 aromatic rings. The fraction of sp³-hybridized carbons (Fsp3) is 0.643. The highest BCUT2D eigenvalue weighted by molar-refractivity contribution is 5.73. The molecule has 1 aliphatic rings. The first-order valence-electron chi connectivity index (χ1n) is 6.46. The van der Waals surface area contributed by atoms with Crippen LogP contribution in [0.3, 0.4) is 0 Å². The molecule has 1 saturated carbocycles. The molecule has 18 heavy (non-hydrogen) atoms. The van der Waals surface area contributed by atoms with Crippen molar-refractivity contribution in [3.8, 4) is 0 Å². The average Bonchev–Trinajstić information content (AvgIpc) is 2.12. The highest BCUT2D eigenvalue weighted by Crippen LogP contribution is 2.35. The summed E-state index contributed by atoms with van der Waals surface area (Å²) in [4.78, 5) is 20.1. The first kappa shape index (κ1) is 13.0. The molecule has 0 saturated heterocycles. The van der Waals surface area contributed by atoms with Crippen molar-refractivity contribution < 1.29 is 9.90 Å². The predicted octanol–water partition coefficient (Wildman–Crippen LogP) is 2.71. The number of carboxylic acids is 1. The Labute approximate surface area is 107 Å². The summed E-state index contributed by atoms with van der Waals surface area (Å²) in [5.41, 5.74) is 1.21. The molecule has 1 fully saturated rings. The summed E-state index contributed by atoms with van der Waals surface area (Å²) in [5.74, 6) is 0.403. The Balaban J connectivity index is 2.22. The molecule has 0 unspecified atom stereocenters. The highest BCUT2D eigenvalue weighted by Gasteiger charge is 2.29. The van der Waals surface area contributed by atoms with Crippen molar-refractivity contribution in [2.45, 2.75) is 52.4 Å². The summed E-state index contributed by atoms with van der Waals surface area (Å²) in [5, 5.41) is 9.15. The molecule has 98 valence electrons. The summed E-state index contributed by atoms with van der Waals surface area (Å²) in [6.45, 7) is 5.37. The quantitative estimate of drug-likeness (QED) is 0.889. The van der Waals surface area contributed by atoms with Crippen molar-refractivity contribution in [2.24, 2.45) is 5.41 Å². The minimum atomic E-state index is -0.815. The molecule has 1 heterocycles. The van der Waals surface area contributed by atoms with Gasteiger partial charge < -0.3 is 5.11 Å². The van der Waals surface area contributed by atoms with E-state index in [2.05, 4.69) is 9.97 Å². The Bertz CT molecular complexity index is 465. The Morgan fingerprint density at radius 3 is 2.61 bits per heavy atom. The van der Waals surface area contributed by atoms with Gasteiger partial charge in [0.05, 0.1) is 5.41 Å². The fourth-order valence-electron chi connectivity index (χ4n) is 2.12. The van der Waals surface area contributed by atoms with Gasteiger partial charge in [-0.15, -0.1) is 0 Å². The number of nitrogens with zero attached hydrogens (tertiary/aromatic N) is 2. The number of hydrogen-bond acceptors (Lipinski definition) is 3. The van der Waals surface area contributed by atoms with Crippen molar-refractivity contribution in [2.75, 3.05) is 0 Å². The number of carbonyl (C=O) groups is 1. The van der Waals surface area contributed by atoms with Gasteiger partial charge in [0.15, 0.2) is 0 Å². The maximum Gasteiger partial charge on any atom is 0.309 e. The largest absolute Gasteiger partial charge is 0.481 e. The number of aliphatic carboxylic acids is 1. The number of hydrogen-bond donors (Lipinski definition) is 1. The van der Waals surface area contributed by atoms with Crippen LogP contribution in [-0.4, -0.2) is 21.0 Å². The molecule has 1 aliphatic carbocycles. The summed E-state index contributed by atoms with van der Waals surface area (Å²) in [7, 11) is 0. The third-order valence-electron chi connectivity index (χ3n) is 3.62. The lowest BCUT2D eigenvalue weighted by molar-refractivity contribution is -0.146. The molecule has 0 aromatic carbocycles. The summed E-state index contributed by atoms with van der Waals surface area (Å²) >= 11 is 0. The van der Waals surface area contributed by atoms with Crippen LogP contribution in [0.15, 0.2) is 6.07 Å². The number of rotatable bonds is 4. The monoisotopic (exact) mass is 248 g/mol. The molecule has 0 bridgehead atoms. The number of aryl methyl sites for hydroxylation is 1. The lowest BCUT2D eigenvalue weighted by Crippen LogP contribution is -2.27. The van der Waals surface area contributed by atoms with Gasteiger partial charge in [-0.25, -0.2) is 9.97 Å². The SMILES string of the molecule is Cc1cc(C2CCC2)nc(CC(C)(C)C(=O)O)n1. The fourth-order valence-corrected chi connectivity index (χ4v) is 2.12. The van der Waals surface area contributed by atoms with Crippen molar-refractivity contribution in [3.63, 3.8) is 0 Å². The van der Waals surface area contributed by atoms with Gasteiger partial charge in [0.2, 0.25) is 0 Å². The van der Waals surface area contributed by atoms with E-state index < -0.39 is 11.4 Å². The second kappa shape index (κ2) is 4.67. The third-order valence-corrected chi connectivity index (χ3v) is 3.62. The van der Waals surface area contributed by atoms with Crippen LogP contribution >= 0.6 is 0 Å². The first-order chi connectivity index (χ1) is 8.38. The van der Waals surface area contributed by atoms with Gasteiger partial charge in [-0.1, -0.05) is 6.42 Å². The maximum absolute atomic E-state index is 11.1. The molecular weight excluding hydrogens is 228 g/mol. The van der Waals surface area contributed by atoms with Crippen LogP contribution in [0, 0.1) is 12.3 Å². The highest BCUT2D eigenvalue weighted by atomic mass is 16.4. The topological polar surface area (TPSA) is 63.1 Å². The van der Waals surface area contributed by atoms with E-state index in [1.54, 1.807) is 13.8 Å². The van der Waals surface area contributed by atoms with E-state index in [1.165, 1.54) is 19.3 Å². The molecule has 2 rings (SSSR count). The van der Waals surface area contributed by atoms with E-state index in [9.17, 15) is 4.79 Å². The molecular formula is C14H20N2O2. The van der Waals surface area contributed by atoms with Gasteiger partial charge in [0.25, 0.3) is 0 Å². The average molecular weight is 248 g/mol. The van der Waals surface area contributed by atoms with Crippen LogP contribution in [0.5, 0.6) is 0 Å². The summed E-state index contributed by atoms with van der Waals surface area (Å²) in [6, 6.07) is 2.03. The normalized spacial score (nSPS) is 16.4. The molecule has 0 atom stereocenters. The van der Waals surface area contributed by atoms with Gasteiger partial charge in [0.1, 0.15) is 5.82 Å². The van der Waals surface area contributed by atoms with Crippen LogP contribution in [0.2, 0.25) is 0 Å². The van der Waals surface area contributed by atoms with Crippen LogP contribution in [0.25, 0.3) is 0 Å². The Morgan fingerprint density at radius 2 is 2.11 bits per heavy atom. The van der Waals surface area contributed by atoms with E-state index in [1.807, 2.05) is 13.0 Å². The van der Waals surface area contributed by atoms with E-state index in [0.717, 1.165) is 11.4 Å². The van der Waals surface area contributed by atoms with Crippen molar-refractivity contribution in [1.29, 1.82) is 0 Å². The molecule has 1 aromatic heterocycles. The molecule has 0 aliphatic heterocycles. The van der Waals surface area contributed by atoms with E-state index >= 15 is 0 Å². The summed E-state index contributed by atoms with van der Waals surface area (Å²) in [6.07, 6.45) is 4.03. The van der Waals surface area contributed by atoms with Gasteiger partial charge >= 0.3 is 5.97 Å². The van der Waals surface area contributed by atoms with E-state index in [-0.39, 0.29) is 0 Å². The molecule has 0 amide bonds. The van der Waals surface area contributed by atoms with Gasteiger partial charge in [-0.3, -0.25) is 4.79 Å². The van der Waals surface area contributed by atoms with Crippen LogP contribution in [0.4, 0.5) is 0 Å². The zero-order valence-corrected chi connectivity index (χ0v) is 11.2. The van der Waals surface area contributed by atoms with Gasteiger partial charge in [-0.05, 0) is 39.7 Å². The maximum atomic E-state index is 11.1. The first-order valence-corrected chi connectivity index (χ1v) is 6.46. The lowest BCUT2D eigenvalue weighted by atomic mass is 9.82. The van der Waals surface area contributed by atoms with Crippen LogP contribution in [0.1, 0.15) is 56.2 Å². The van der Waals surface area contributed by atoms with Crippen molar-refractivity contribution in [3.05, 3.63) is 23.3 Å². The molecule has 4 nitrogen and oxygen atoms in total. The zero-order chi connectivity index (χ0) is 13.3. The second-order valence-electron chi connectivity index (χ2n) is 5.84. The Kier molecular flexibility index (Phi) is 3.37. The Morgan fingerprint density at radius 1 is 1.44 bits per heavy atom. The van der Waals surface area contributed by atoms with Crippen LogP contribution in [-0.2, 0) is 11.2 Å². The molecule has 4 heteroatoms. The lowest BCUT2D eigenvalue weighted by Gasteiger charge is -2.26. The van der Waals surface area contributed by atoms with Crippen LogP contribution < -0.4 is 0 Å². The zero-order valence-electron chi connectivity index (χ0n) is 11.2. The number of aromatic nitrogens is 2. The van der Waals surface area contributed by atoms with Gasteiger partial charge in [-0.2, -0.15) is 0 Å². The van der Waals surface area contributed by atoms with E-state index in [0.29, 0.717) is 18.2 Å². The smallest absolute Gasteiger partial charge is 0.309 e. The van der Waals surface area contributed by atoms with Crippen molar-refractivity contribution >= 4 is 5.97 Å². The standard InChI is InChI=1S/C14H20N2O2/c1-9-7-11(10-5-4-6-10)16-12(15-9)8-14(2,3)13(17)18/h7,10H,4-6,8H2,1-3H3,(H,17,18). The number of carboxylic acid groups (broad SMARTS) is 1. The predicted molar refractivity (Wildman–Crippen MR) is 68.5 cm³/mol. The molecule has 1 N–H and O–H groups in total. The minimum absolute atomic E-state index is 0.379. The van der Waals surface area contributed by atoms with Gasteiger partial charge in [0, 0.05) is 23.7 Å². The molecule has 0 radical (unpaired) electrons.